The fourth-order valence-corrected chi connectivity index (χ4v) is 1.99. The van der Waals surface area contributed by atoms with E-state index in [1.54, 1.807) is 6.07 Å². The van der Waals surface area contributed by atoms with Gasteiger partial charge in [-0.1, -0.05) is 32.0 Å². The molecule has 1 amide bonds. The molecule has 0 aliphatic rings. The number of phenolic OH excluding ortho intramolecular Hbond substituents is 1. The molecule has 20 heavy (non-hydrogen) atoms. The first-order valence-electron chi connectivity index (χ1n) is 6.38. The van der Waals surface area contributed by atoms with Gasteiger partial charge in [-0.25, -0.2) is 4.39 Å². The monoisotopic (exact) mass is 273 g/mol. The Hall–Kier alpha value is -2.36. The zero-order chi connectivity index (χ0) is 14.7. The van der Waals surface area contributed by atoms with Gasteiger partial charge in [0.1, 0.15) is 11.6 Å². The lowest BCUT2D eigenvalue weighted by Gasteiger charge is -2.13. The number of carbonyl (C=O) groups excluding carboxylic acids is 1. The molecule has 0 saturated carbocycles. The molecule has 2 N–H and O–H groups in total. The summed E-state index contributed by atoms with van der Waals surface area (Å²) in [6.45, 7) is 4.04. The molecular weight excluding hydrogens is 257 g/mol. The minimum Gasteiger partial charge on any atom is -0.508 e. The first-order valence-corrected chi connectivity index (χ1v) is 6.38. The second kappa shape index (κ2) is 5.74. The number of hydrogen-bond acceptors (Lipinski definition) is 2. The summed E-state index contributed by atoms with van der Waals surface area (Å²) in [6, 6.07) is 10.9. The zero-order valence-electron chi connectivity index (χ0n) is 11.4. The Morgan fingerprint density at radius 1 is 1.20 bits per heavy atom. The van der Waals surface area contributed by atoms with Crippen molar-refractivity contribution in [1.29, 1.82) is 0 Å². The first-order chi connectivity index (χ1) is 9.49. The number of rotatable bonds is 3. The Bertz CT molecular complexity index is 638. The molecule has 0 saturated heterocycles. The number of para-hydroxylation sites is 1. The Labute approximate surface area is 117 Å². The molecule has 2 rings (SSSR count). The third-order valence-corrected chi connectivity index (χ3v) is 3.03. The van der Waals surface area contributed by atoms with E-state index in [-0.39, 0.29) is 17.2 Å². The van der Waals surface area contributed by atoms with E-state index in [2.05, 4.69) is 5.32 Å². The van der Waals surface area contributed by atoms with Crippen LogP contribution in [0.4, 0.5) is 10.1 Å². The van der Waals surface area contributed by atoms with Gasteiger partial charge in [0.05, 0.1) is 5.56 Å². The van der Waals surface area contributed by atoms with Crippen molar-refractivity contribution >= 4 is 11.6 Å². The molecule has 104 valence electrons. The average molecular weight is 273 g/mol. The van der Waals surface area contributed by atoms with Crippen LogP contribution in [0.25, 0.3) is 0 Å². The number of nitrogens with one attached hydrogen (secondary N) is 1. The Kier molecular flexibility index (Phi) is 4.03. The smallest absolute Gasteiger partial charge is 0.258 e. The molecule has 0 heterocycles. The van der Waals surface area contributed by atoms with E-state index in [0.717, 1.165) is 11.6 Å². The zero-order valence-corrected chi connectivity index (χ0v) is 11.4. The van der Waals surface area contributed by atoms with E-state index in [9.17, 15) is 9.18 Å². The van der Waals surface area contributed by atoms with E-state index in [0.29, 0.717) is 5.69 Å². The highest BCUT2D eigenvalue weighted by atomic mass is 19.1. The Morgan fingerprint density at radius 3 is 2.55 bits per heavy atom. The molecule has 0 aromatic heterocycles. The predicted octanol–water partition coefficient (Wildman–Crippen LogP) is 3.91. The third kappa shape index (κ3) is 2.96. The van der Waals surface area contributed by atoms with Gasteiger partial charge in [0.25, 0.3) is 5.91 Å². The van der Waals surface area contributed by atoms with Crippen LogP contribution in [0.1, 0.15) is 35.7 Å². The van der Waals surface area contributed by atoms with E-state index in [4.69, 9.17) is 5.11 Å². The van der Waals surface area contributed by atoms with Gasteiger partial charge in [-0.3, -0.25) is 4.79 Å². The molecule has 0 spiro atoms. The number of aromatic hydroxyl groups is 1. The lowest BCUT2D eigenvalue weighted by molar-refractivity contribution is 0.102. The van der Waals surface area contributed by atoms with Crippen molar-refractivity contribution in [2.24, 2.45) is 0 Å². The topological polar surface area (TPSA) is 49.3 Å². The third-order valence-electron chi connectivity index (χ3n) is 3.03. The number of anilines is 1. The molecule has 2 aromatic rings. The molecule has 0 radical (unpaired) electrons. The number of benzene rings is 2. The number of amides is 1. The predicted molar refractivity (Wildman–Crippen MR) is 76.5 cm³/mol. The molecule has 0 bridgehead atoms. The van der Waals surface area contributed by atoms with Crippen molar-refractivity contribution in [3.05, 3.63) is 59.4 Å². The van der Waals surface area contributed by atoms with Crippen LogP contribution in [-0.2, 0) is 0 Å². The van der Waals surface area contributed by atoms with Crippen molar-refractivity contribution in [2.75, 3.05) is 5.32 Å². The van der Waals surface area contributed by atoms with Gasteiger partial charge in [-0.05, 0) is 29.7 Å². The summed E-state index contributed by atoms with van der Waals surface area (Å²) in [5.41, 5.74) is 1.56. The maximum atomic E-state index is 13.6. The van der Waals surface area contributed by atoms with Crippen molar-refractivity contribution in [1.82, 2.24) is 0 Å². The normalized spacial score (nSPS) is 10.6. The van der Waals surface area contributed by atoms with E-state index < -0.39 is 11.7 Å². The fourth-order valence-electron chi connectivity index (χ4n) is 1.99. The van der Waals surface area contributed by atoms with E-state index >= 15 is 0 Å². The largest absolute Gasteiger partial charge is 0.508 e. The van der Waals surface area contributed by atoms with Crippen LogP contribution in [0.15, 0.2) is 42.5 Å². The molecule has 3 nitrogen and oxygen atoms in total. The van der Waals surface area contributed by atoms with Crippen molar-refractivity contribution in [3.8, 4) is 5.75 Å². The molecule has 0 atom stereocenters. The molecule has 4 heteroatoms. The van der Waals surface area contributed by atoms with Gasteiger partial charge >= 0.3 is 0 Å². The summed E-state index contributed by atoms with van der Waals surface area (Å²) < 4.78 is 13.6. The SMILES string of the molecule is CC(C)c1ccccc1NC(=O)c1ccc(O)cc1F. The van der Waals surface area contributed by atoms with Crippen molar-refractivity contribution < 1.29 is 14.3 Å². The summed E-state index contributed by atoms with van der Waals surface area (Å²) in [7, 11) is 0. The van der Waals surface area contributed by atoms with E-state index in [1.165, 1.54) is 12.1 Å². The van der Waals surface area contributed by atoms with Crippen molar-refractivity contribution in [2.45, 2.75) is 19.8 Å². The summed E-state index contributed by atoms with van der Waals surface area (Å²) in [6.07, 6.45) is 0. The number of halogens is 1. The minimum atomic E-state index is -0.746. The summed E-state index contributed by atoms with van der Waals surface area (Å²) in [5.74, 6) is -1.24. The second-order valence-electron chi connectivity index (χ2n) is 4.86. The Morgan fingerprint density at radius 2 is 1.90 bits per heavy atom. The van der Waals surface area contributed by atoms with Crippen LogP contribution in [0.2, 0.25) is 0 Å². The van der Waals surface area contributed by atoms with Crippen LogP contribution in [-0.4, -0.2) is 11.0 Å². The van der Waals surface area contributed by atoms with E-state index in [1.807, 2.05) is 32.0 Å². The van der Waals surface area contributed by atoms with Crippen LogP contribution in [0.3, 0.4) is 0 Å². The van der Waals surface area contributed by atoms with Crippen LogP contribution in [0, 0.1) is 5.82 Å². The van der Waals surface area contributed by atoms with Crippen LogP contribution >= 0.6 is 0 Å². The number of carbonyl (C=O) groups is 1. The highest BCUT2D eigenvalue weighted by Gasteiger charge is 2.14. The lowest BCUT2D eigenvalue weighted by Crippen LogP contribution is -2.15. The fraction of sp³-hybridized carbons (Fsp3) is 0.188. The molecule has 0 unspecified atom stereocenters. The highest BCUT2D eigenvalue weighted by Crippen LogP contribution is 2.24. The Balaban J connectivity index is 2.28. The summed E-state index contributed by atoms with van der Waals surface area (Å²) in [5, 5.41) is 11.9. The average Bonchev–Trinajstić information content (AvgIpc) is 2.38. The van der Waals surface area contributed by atoms with Crippen molar-refractivity contribution in [3.63, 3.8) is 0 Å². The highest BCUT2D eigenvalue weighted by molar-refractivity contribution is 6.05. The molecular formula is C16H16FNO2. The van der Waals surface area contributed by atoms with Gasteiger partial charge in [0, 0.05) is 11.8 Å². The molecule has 2 aromatic carbocycles. The summed E-state index contributed by atoms with van der Waals surface area (Å²) >= 11 is 0. The van der Waals surface area contributed by atoms with Gasteiger partial charge < -0.3 is 10.4 Å². The first kappa shape index (κ1) is 14.1. The minimum absolute atomic E-state index is 0.0960. The molecule has 0 fully saturated rings. The summed E-state index contributed by atoms with van der Waals surface area (Å²) in [4.78, 5) is 12.1. The maximum Gasteiger partial charge on any atom is 0.258 e. The van der Waals surface area contributed by atoms with Gasteiger partial charge in [0.2, 0.25) is 0 Å². The lowest BCUT2D eigenvalue weighted by atomic mass is 10.0. The molecule has 0 aliphatic carbocycles. The number of hydrogen-bond donors (Lipinski definition) is 2. The van der Waals surface area contributed by atoms with Gasteiger partial charge in [-0.15, -0.1) is 0 Å². The van der Waals surface area contributed by atoms with Crippen LogP contribution < -0.4 is 5.32 Å². The van der Waals surface area contributed by atoms with Crippen LogP contribution in [0.5, 0.6) is 5.75 Å². The maximum absolute atomic E-state index is 13.6. The van der Waals surface area contributed by atoms with Gasteiger partial charge in [-0.2, -0.15) is 0 Å². The standard InChI is InChI=1S/C16H16FNO2/c1-10(2)12-5-3-4-6-15(12)18-16(20)13-8-7-11(19)9-14(13)17/h3-10,19H,1-2H3,(H,18,20). The quantitative estimate of drug-likeness (QED) is 0.890. The number of phenols is 1. The molecule has 0 aliphatic heterocycles. The van der Waals surface area contributed by atoms with Gasteiger partial charge in [0.15, 0.2) is 0 Å². The second-order valence-corrected chi connectivity index (χ2v) is 4.86.